The third-order valence-electron chi connectivity index (χ3n) is 5.11. The van der Waals surface area contributed by atoms with Crippen LogP contribution in [-0.2, 0) is 20.1 Å². The number of benzene rings is 1. The normalized spacial score (nSPS) is 15.3. The van der Waals surface area contributed by atoms with Crippen molar-refractivity contribution in [2.24, 2.45) is 7.05 Å². The second-order valence-corrected chi connectivity index (χ2v) is 7.16. The van der Waals surface area contributed by atoms with Crippen LogP contribution in [0, 0.1) is 0 Å². The van der Waals surface area contributed by atoms with Crippen molar-refractivity contribution >= 4 is 12.0 Å². The molecule has 0 unspecified atom stereocenters. The van der Waals surface area contributed by atoms with Crippen molar-refractivity contribution in [1.82, 2.24) is 34.3 Å². The minimum atomic E-state index is -0.0556. The molecule has 4 rings (SSSR count). The van der Waals surface area contributed by atoms with Crippen molar-refractivity contribution in [2.45, 2.75) is 13.1 Å². The van der Waals surface area contributed by atoms with Gasteiger partial charge in [-0.1, -0.05) is 47.7 Å². The average molecular weight is 391 g/mol. The van der Waals surface area contributed by atoms with E-state index in [1.165, 1.54) is 0 Å². The molecule has 1 fully saturated rings. The molecule has 0 N–H and O–H groups in total. The Balaban J connectivity index is 1.28. The summed E-state index contributed by atoms with van der Waals surface area (Å²) in [6.07, 6.45) is 9.53. The van der Waals surface area contributed by atoms with E-state index in [9.17, 15) is 4.79 Å². The van der Waals surface area contributed by atoms with Gasteiger partial charge >= 0.3 is 0 Å². The molecule has 0 radical (unpaired) electrons. The Morgan fingerprint density at radius 3 is 2.66 bits per heavy atom. The van der Waals surface area contributed by atoms with Crippen LogP contribution in [0.3, 0.4) is 0 Å². The first kappa shape index (κ1) is 19.1. The molecule has 8 nitrogen and oxygen atoms in total. The van der Waals surface area contributed by atoms with Crippen LogP contribution < -0.4 is 0 Å². The monoisotopic (exact) mass is 391 g/mol. The first-order chi connectivity index (χ1) is 14.2. The van der Waals surface area contributed by atoms with E-state index in [0.29, 0.717) is 25.3 Å². The molecule has 29 heavy (non-hydrogen) atoms. The summed E-state index contributed by atoms with van der Waals surface area (Å²) < 4.78 is 3.71. The van der Waals surface area contributed by atoms with Gasteiger partial charge in [-0.05, 0) is 5.56 Å². The predicted molar refractivity (Wildman–Crippen MR) is 110 cm³/mol. The Morgan fingerprint density at radius 2 is 1.93 bits per heavy atom. The summed E-state index contributed by atoms with van der Waals surface area (Å²) in [5.41, 5.74) is 1.53. The maximum Gasteiger partial charge on any atom is 0.276 e. The highest BCUT2D eigenvalue weighted by Crippen LogP contribution is 2.10. The Kier molecular flexibility index (Phi) is 5.81. The van der Waals surface area contributed by atoms with Crippen LogP contribution in [0.1, 0.15) is 21.9 Å². The van der Waals surface area contributed by atoms with Crippen LogP contribution in [0.2, 0.25) is 0 Å². The van der Waals surface area contributed by atoms with Gasteiger partial charge in [-0.15, -0.1) is 5.10 Å². The average Bonchev–Trinajstić information content (AvgIpc) is 3.38. The highest BCUT2D eigenvalue weighted by Gasteiger charge is 2.24. The van der Waals surface area contributed by atoms with Crippen molar-refractivity contribution in [3.05, 3.63) is 72.1 Å². The third-order valence-corrected chi connectivity index (χ3v) is 5.11. The number of aromatic nitrogens is 5. The summed E-state index contributed by atoms with van der Waals surface area (Å²) in [4.78, 5) is 21.3. The van der Waals surface area contributed by atoms with Gasteiger partial charge in [-0.25, -0.2) is 9.67 Å². The summed E-state index contributed by atoms with van der Waals surface area (Å²) in [7, 11) is 2.00. The van der Waals surface area contributed by atoms with E-state index in [1.54, 1.807) is 10.9 Å². The van der Waals surface area contributed by atoms with Crippen LogP contribution in [-0.4, -0.2) is 66.4 Å². The highest BCUT2D eigenvalue weighted by atomic mass is 16.2. The molecule has 0 atom stereocenters. The third kappa shape index (κ3) is 4.78. The number of amides is 1. The molecule has 0 spiro atoms. The summed E-state index contributed by atoms with van der Waals surface area (Å²) >= 11 is 0. The fraction of sp³-hybridized carbons (Fsp3) is 0.333. The number of aryl methyl sites for hydroxylation is 1. The standard InChI is InChI=1S/C21H25N7O/c1-25-11-9-22-20(25)17-26-12-14-27(15-13-26)21(29)19-16-28(24-23-19)10-5-8-18-6-3-2-4-7-18/h2-9,11,16H,10,12-15,17H2,1H3/b8-5+. The van der Waals surface area contributed by atoms with Gasteiger partial charge in [0.05, 0.1) is 19.3 Å². The number of carbonyl (C=O) groups excluding carboxylic acids is 1. The highest BCUT2D eigenvalue weighted by molar-refractivity contribution is 5.92. The van der Waals surface area contributed by atoms with Crippen molar-refractivity contribution in [3.8, 4) is 0 Å². The molecule has 1 aromatic carbocycles. The summed E-state index contributed by atoms with van der Waals surface area (Å²) in [5.74, 6) is 0.983. The lowest BCUT2D eigenvalue weighted by Crippen LogP contribution is -2.48. The molecule has 0 aliphatic carbocycles. The number of piperazine rings is 1. The number of allylic oxidation sites excluding steroid dienone is 1. The Bertz CT molecular complexity index is 968. The van der Waals surface area contributed by atoms with E-state index in [2.05, 4.69) is 20.2 Å². The lowest BCUT2D eigenvalue weighted by molar-refractivity contribution is 0.0618. The van der Waals surface area contributed by atoms with E-state index in [4.69, 9.17) is 0 Å². The summed E-state index contributed by atoms with van der Waals surface area (Å²) in [6.45, 7) is 4.40. The fourth-order valence-corrected chi connectivity index (χ4v) is 3.37. The van der Waals surface area contributed by atoms with Gasteiger partial charge in [0.1, 0.15) is 5.82 Å². The van der Waals surface area contributed by atoms with Crippen LogP contribution in [0.25, 0.3) is 6.08 Å². The predicted octanol–water partition coefficient (Wildman–Crippen LogP) is 1.68. The van der Waals surface area contributed by atoms with E-state index >= 15 is 0 Å². The smallest absolute Gasteiger partial charge is 0.276 e. The number of nitrogens with zero attached hydrogens (tertiary/aromatic N) is 7. The van der Waals surface area contributed by atoms with Crippen molar-refractivity contribution in [2.75, 3.05) is 26.2 Å². The summed E-state index contributed by atoms with van der Waals surface area (Å²) in [5, 5.41) is 8.15. The molecule has 3 aromatic rings. The summed E-state index contributed by atoms with van der Waals surface area (Å²) in [6, 6.07) is 10.1. The molecule has 1 amide bonds. The maximum atomic E-state index is 12.7. The number of hydrogen-bond donors (Lipinski definition) is 0. The minimum Gasteiger partial charge on any atom is -0.337 e. The molecule has 0 saturated carbocycles. The molecule has 1 aliphatic heterocycles. The zero-order valence-corrected chi connectivity index (χ0v) is 16.6. The quantitative estimate of drug-likeness (QED) is 0.639. The minimum absolute atomic E-state index is 0.0556. The van der Waals surface area contributed by atoms with Crippen molar-refractivity contribution in [3.63, 3.8) is 0 Å². The molecular formula is C21H25N7O. The molecular weight excluding hydrogens is 366 g/mol. The zero-order valence-electron chi connectivity index (χ0n) is 16.6. The molecule has 3 heterocycles. The zero-order chi connectivity index (χ0) is 20.1. The lowest BCUT2D eigenvalue weighted by Gasteiger charge is -2.34. The van der Waals surface area contributed by atoms with Crippen LogP contribution >= 0.6 is 0 Å². The van der Waals surface area contributed by atoms with Crippen LogP contribution in [0.5, 0.6) is 0 Å². The lowest BCUT2D eigenvalue weighted by atomic mass is 10.2. The largest absolute Gasteiger partial charge is 0.337 e. The maximum absolute atomic E-state index is 12.7. The van der Waals surface area contributed by atoms with E-state index in [-0.39, 0.29) is 5.91 Å². The van der Waals surface area contributed by atoms with Crippen LogP contribution in [0.4, 0.5) is 0 Å². The molecule has 8 heteroatoms. The molecule has 2 aromatic heterocycles. The Labute approximate surface area is 170 Å². The van der Waals surface area contributed by atoms with Crippen LogP contribution in [0.15, 0.2) is 55.0 Å². The van der Waals surface area contributed by atoms with E-state index < -0.39 is 0 Å². The van der Waals surface area contributed by atoms with Crippen molar-refractivity contribution < 1.29 is 4.79 Å². The number of imidazole rings is 1. The van der Waals surface area contributed by atoms with Gasteiger partial charge in [0.2, 0.25) is 0 Å². The first-order valence-corrected chi connectivity index (χ1v) is 9.78. The first-order valence-electron chi connectivity index (χ1n) is 9.78. The number of carbonyl (C=O) groups is 1. The van der Waals surface area contributed by atoms with Gasteiger partial charge in [-0.2, -0.15) is 0 Å². The van der Waals surface area contributed by atoms with Gasteiger partial charge in [-0.3, -0.25) is 9.69 Å². The molecule has 0 bridgehead atoms. The molecule has 150 valence electrons. The molecule has 1 saturated heterocycles. The molecule has 1 aliphatic rings. The second kappa shape index (κ2) is 8.83. The van der Waals surface area contributed by atoms with E-state index in [0.717, 1.165) is 31.0 Å². The number of hydrogen-bond acceptors (Lipinski definition) is 5. The second-order valence-electron chi connectivity index (χ2n) is 7.16. The van der Waals surface area contributed by atoms with Gasteiger partial charge in [0.15, 0.2) is 5.69 Å². The van der Waals surface area contributed by atoms with Gasteiger partial charge in [0.25, 0.3) is 5.91 Å². The topological polar surface area (TPSA) is 72.1 Å². The Morgan fingerprint density at radius 1 is 1.14 bits per heavy atom. The van der Waals surface area contributed by atoms with Gasteiger partial charge in [0, 0.05) is 45.6 Å². The fourth-order valence-electron chi connectivity index (χ4n) is 3.37. The number of rotatable bonds is 6. The van der Waals surface area contributed by atoms with Gasteiger partial charge < -0.3 is 9.47 Å². The Hall–Kier alpha value is -3.26. The van der Waals surface area contributed by atoms with Crippen molar-refractivity contribution in [1.29, 1.82) is 0 Å². The SMILES string of the molecule is Cn1ccnc1CN1CCN(C(=O)c2cn(C/C=C/c3ccccc3)nn2)CC1. The van der Waals surface area contributed by atoms with E-state index in [1.807, 2.05) is 71.4 Å².